The molecule has 0 saturated heterocycles. The van der Waals surface area contributed by atoms with E-state index in [9.17, 15) is 43.2 Å². The molecule has 0 radical (unpaired) electrons. The van der Waals surface area contributed by atoms with Crippen LogP contribution in [0.3, 0.4) is 0 Å². The first-order valence-electron chi connectivity index (χ1n) is 42.2. The lowest BCUT2D eigenvalue weighted by atomic mass is 10.0. The maximum atomic E-state index is 13.1. The monoisotopic (exact) mass is 1510 g/mol. The summed E-state index contributed by atoms with van der Waals surface area (Å²) in [5.74, 6) is -2.18. The van der Waals surface area contributed by atoms with Crippen LogP contribution in [0, 0.1) is 0 Å². The van der Waals surface area contributed by atoms with Gasteiger partial charge in [-0.05, 0) is 122 Å². The summed E-state index contributed by atoms with van der Waals surface area (Å²) in [6.07, 6.45) is 80.0. The quantitative estimate of drug-likeness (QED) is 0.0169. The fourth-order valence-corrected chi connectivity index (χ4v) is 13.2. The molecule has 0 aliphatic heterocycles. The number of hydrogen-bond acceptors (Lipinski definition) is 15. The van der Waals surface area contributed by atoms with E-state index in [1.807, 2.05) is 0 Å². The molecule has 0 fully saturated rings. The molecular weight excluding hydrogens is 1350 g/mol. The third kappa shape index (κ3) is 76.7. The van der Waals surface area contributed by atoms with Gasteiger partial charge in [0.2, 0.25) is 0 Å². The number of unbranched alkanes of at least 4 members (excludes halogenated alkanes) is 42. The van der Waals surface area contributed by atoms with E-state index in [2.05, 4.69) is 101 Å². The first kappa shape index (κ1) is 100. The summed E-state index contributed by atoms with van der Waals surface area (Å²) in [7, 11) is -9.96. The summed E-state index contributed by atoms with van der Waals surface area (Å²) >= 11 is 0. The Hall–Kier alpha value is -3.50. The average molecular weight is 1510 g/mol. The predicted molar refractivity (Wildman–Crippen MR) is 427 cm³/mol. The van der Waals surface area contributed by atoms with Gasteiger partial charge in [0, 0.05) is 25.7 Å². The smallest absolute Gasteiger partial charge is 0.462 e. The van der Waals surface area contributed by atoms with Gasteiger partial charge in [-0.15, -0.1) is 0 Å². The normalized spacial score (nSPS) is 14.2. The number of allylic oxidation sites excluding steroid dienone is 12. The highest BCUT2D eigenvalue weighted by Crippen LogP contribution is 2.45. The van der Waals surface area contributed by atoms with Crippen LogP contribution in [0.25, 0.3) is 0 Å². The molecule has 0 aliphatic carbocycles. The summed E-state index contributed by atoms with van der Waals surface area (Å²) < 4.78 is 68.7. The molecule has 0 aliphatic rings. The lowest BCUT2D eigenvalue weighted by Gasteiger charge is -2.21. The number of ether oxygens (including phenoxy) is 4. The first-order valence-corrected chi connectivity index (χ1v) is 45.2. The highest BCUT2D eigenvalue weighted by Gasteiger charge is 2.30. The second kappa shape index (κ2) is 77.7. The van der Waals surface area contributed by atoms with Gasteiger partial charge in [0.05, 0.1) is 26.4 Å². The fourth-order valence-electron chi connectivity index (χ4n) is 11.7. The lowest BCUT2D eigenvalue weighted by Crippen LogP contribution is -2.30. The Morgan fingerprint density at radius 3 is 0.750 bits per heavy atom. The molecule has 17 nitrogen and oxygen atoms in total. The zero-order valence-electron chi connectivity index (χ0n) is 66.5. The van der Waals surface area contributed by atoms with Crippen molar-refractivity contribution in [1.29, 1.82) is 0 Å². The van der Waals surface area contributed by atoms with Crippen molar-refractivity contribution in [2.75, 3.05) is 39.6 Å². The molecule has 0 amide bonds. The molecule has 0 saturated carbocycles. The SMILES string of the molecule is CCCCC/C=C\C/C=C\C/C=C\CCCCCCCCC(=O)OCC(COP(=O)(O)OCC(O)COP(=O)(O)OCC(COC(=O)CCCCCCC/C=C\C/C=C\CCCCC)OC(=O)CCCCCCC/C=C\CCCCCCCC)OC(=O)CCCCCCCCCCCCCCCCC. The van der Waals surface area contributed by atoms with Gasteiger partial charge < -0.3 is 33.8 Å². The minimum absolute atomic E-state index is 0.0852. The number of esters is 4. The Balaban J connectivity index is 5.35. The van der Waals surface area contributed by atoms with Crippen LogP contribution in [0.1, 0.15) is 387 Å². The lowest BCUT2D eigenvalue weighted by molar-refractivity contribution is -0.161. The van der Waals surface area contributed by atoms with Crippen LogP contribution < -0.4 is 0 Å². The van der Waals surface area contributed by atoms with Crippen LogP contribution in [0.5, 0.6) is 0 Å². The topological polar surface area (TPSA) is 237 Å². The highest BCUT2D eigenvalue weighted by molar-refractivity contribution is 7.47. The van der Waals surface area contributed by atoms with E-state index >= 15 is 0 Å². The third-order valence-corrected chi connectivity index (χ3v) is 20.0. The summed E-state index contributed by atoms with van der Waals surface area (Å²) in [6.45, 7) is 4.86. The summed E-state index contributed by atoms with van der Waals surface area (Å²) in [4.78, 5) is 73.1. The minimum atomic E-state index is -4.98. The van der Waals surface area contributed by atoms with Crippen molar-refractivity contribution in [3.63, 3.8) is 0 Å². The number of phosphoric acid groups is 2. The molecule has 104 heavy (non-hydrogen) atoms. The summed E-state index contributed by atoms with van der Waals surface area (Å²) in [6, 6.07) is 0. The molecule has 5 unspecified atom stereocenters. The van der Waals surface area contributed by atoms with Crippen molar-refractivity contribution in [2.45, 2.75) is 406 Å². The molecular formula is C85H154O17P2. The molecule has 0 aromatic rings. The van der Waals surface area contributed by atoms with E-state index in [0.29, 0.717) is 25.7 Å². The number of hydrogen-bond donors (Lipinski definition) is 3. The fraction of sp³-hybridized carbons (Fsp3) is 0.812. The number of aliphatic hydroxyl groups is 1. The van der Waals surface area contributed by atoms with Crippen LogP contribution in [0.2, 0.25) is 0 Å². The molecule has 5 atom stereocenters. The van der Waals surface area contributed by atoms with Gasteiger partial charge in [0.25, 0.3) is 0 Å². The Bertz CT molecular complexity index is 2250. The van der Waals surface area contributed by atoms with Crippen LogP contribution in [-0.2, 0) is 65.4 Å². The summed E-state index contributed by atoms with van der Waals surface area (Å²) in [5.41, 5.74) is 0. The minimum Gasteiger partial charge on any atom is -0.462 e. The van der Waals surface area contributed by atoms with Crippen molar-refractivity contribution < 1.29 is 80.2 Å². The largest absolute Gasteiger partial charge is 0.472 e. The highest BCUT2D eigenvalue weighted by atomic mass is 31.2. The van der Waals surface area contributed by atoms with Crippen molar-refractivity contribution >= 4 is 39.5 Å². The Labute approximate surface area is 634 Å². The first-order chi connectivity index (χ1) is 50.7. The van der Waals surface area contributed by atoms with Gasteiger partial charge in [-0.3, -0.25) is 37.3 Å². The molecule has 0 aromatic heterocycles. The molecule has 19 heteroatoms. The standard InChI is InChI=1S/C85H154O17P2/c1-5-9-13-17-21-25-29-33-37-38-39-40-44-46-50-54-58-62-66-70-83(88)96-76-81(102-85(90)72-68-64-60-56-52-48-43-36-32-28-24-20-16-12-8-4)78-100-104(93,94)98-74-79(86)73-97-103(91,92)99-77-80(101-84(89)71-67-63-59-55-51-47-42-35-31-27-23-19-15-11-7-3)75-95-82(87)69-65-61-57-53-49-45-41-34-30-26-22-18-14-10-6-2/h21-22,25-26,33-35,37,39-42,79-81,86H,5-20,23-24,27-32,36,38,43-78H2,1-4H3,(H,91,92)(H,93,94)/b25-21-,26-22-,37-33-,40-39-,41-34-,42-35-. The molecule has 0 spiro atoms. The van der Waals surface area contributed by atoms with Crippen molar-refractivity contribution in [1.82, 2.24) is 0 Å². The zero-order chi connectivity index (χ0) is 76.0. The molecule has 0 heterocycles. The van der Waals surface area contributed by atoms with E-state index in [0.717, 1.165) is 167 Å². The van der Waals surface area contributed by atoms with E-state index in [4.69, 9.17) is 37.0 Å². The number of carbonyl (C=O) groups is 4. The van der Waals surface area contributed by atoms with Gasteiger partial charge >= 0.3 is 39.5 Å². The maximum Gasteiger partial charge on any atom is 0.472 e. The van der Waals surface area contributed by atoms with E-state index in [1.165, 1.54) is 141 Å². The van der Waals surface area contributed by atoms with Gasteiger partial charge in [-0.2, -0.15) is 0 Å². The van der Waals surface area contributed by atoms with E-state index in [1.54, 1.807) is 0 Å². The number of carbonyl (C=O) groups excluding carboxylic acids is 4. The van der Waals surface area contributed by atoms with Crippen LogP contribution in [0.15, 0.2) is 72.9 Å². The third-order valence-electron chi connectivity index (χ3n) is 18.1. The second-order valence-electron chi connectivity index (χ2n) is 28.4. The number of aliphatic hydroxyl groups excluding tert-OH is 1. The van der Waals surface area contributed by atoms with Crippen LogP contribution in [-0.4, -0.2) is 96.7 Å². The number of rotatable bonds is 80. The zero-order valence-corrected chi connectivity index (χ0v) is 68.2. The Morgan fingerprint density at radius 2 is 0.471 bits per heavy atom. The second-order valence-corrected chi connectivity index (χ2v) is 31.3. The van der Waals surface area contributed by atoms with Gasteiger partial charge in [0.15, 0.2) is 12.2 Å². The number of phosphoric ester groups is 2. The van der Waals surface area contributed by atoms with Crippen molar-refractivity contribution in [3.8, 4) is 0 Å². The van der Waals surface area contributed by atoms with Gasteiger partial charge in [-0.25, -0.2) is 9.13 Å². The van der Waals surface area contributed by atoms with Gasteiger partial charge in [-0.1, -0.05) is 312 Å². The average Bonchev–Trinajstić information content (AvgIpc) is 0.918. The molecule has 0 bridgehead atoms. The summed E-state index contributed by atoms with van der Waals surface area (Å²) in [5, 5.41) is 10.7. The molecule has 0 rings (SSSR count). The van der Waals surface area contributed by atoms with E-state index in [-0.39, 0.29) is 25.7 Å². The van der Waals surface area contributed by atoms with E-state index < -0.39 is 97.5 Å². The van der Waals surface area contributed by atoms with Crippen LogP contribution >= 0.6 is 15.6 Å². The van der Waals surface area contributed by atoms with Crippen LogP contribution in [0.4, 0.5) is 0 Å². The van der Waals surface area contributed by atoms with Crippen molar-refractivity contribution in [3.05, 3.63) is 72.9 Å². The molecule has 606 valence electrons. The Morgan fingerprint density at radius 1 is 0.269 bits per heavy atom. The Kier molecular flexibility index (Phi) is 75.0. The molecule has 3 N–H and O–H groups in total. The predicted octanol–water partition coefficient (Wildman–Crippen LogP) is 24.8. The maximum absolute atomic E-state index is 13.1. The van der Waals surface area contributed by atoms with Crippen molar-refractivity contribution in [2.24, 2.45) is 0 Å². The van der Waals surface area contributed by atoms with Gasteiger partial charge in [0.1, 0.15) is 19.3 Å². The molecule has 0 aromatic carbocycles.